The van der Waals surface area contributed by atoms with Crippen molar-refractivity contribution in [1.29, 1.82) is 0 Å². The first kappa shape index (κ1) is 16.7. The number of nitrogens with zero attached hydrogens (tertiary/aromatic N) is 3. The van der Waals surface area contributed by atoms with Gasteiger partial charge in [0.1, 0.15) is 0 Å². The second-order valence-electron chi connectivity index (χ2n) is 6.80. The van der Waals surface area contributed by atoms with Crippen molar-refractivity contribution in [2.24, 2.45) is 0 Å². The van der Waals surface area contributed by atoms with Gasteiger partial charge in [-0.2, -0.15) is 0 Å². The summed E-state index contributed by atoms with van der Waals surface area (Å²) in [4.78, 5) is 12.7. The van der Waals surface area contributed by atoms with Gasteiger partial charge in [-0.05, 0) is 31.9 Å². The van der Waals surface area contributed by atoms with Crippen LogP contribution in [0.3, 0.4) is 0 Å². The minimum absolute atomic E-state index is 0.555. The number of rotatable bonds is 4. The third-order valence-electron chi connectivity index (χ3n) is 5.03. The van der Waals surface area contributed by atoms with Gasteiger partial charge in [-0.3, -0.25) is 9.80 Å². The summed E-state index contributed by atoms with van der Waals surface area (Å²) in [6.45, 7) is 11.8. The Morgan fingerprint density at radius 2 is 2.25 bits per heavy atom. The lowest BCUT2D eigenvalue weighted by Gasteiger charge is -2.35. The van der Waals surface area contributed by atoms with Crippen LogP contribution in [0.2, 0.25) is 0 Å². The molecule has 1 saturated heterocycles. The zero-order chi connectivity index (χ0) is 16.5. The van der Waals surface area contributed by atoms with Crippen LogP contribution in [0, 0.1) is 6.92 Å². The van der Waals surface area contributed by atoms with E-state index in [1.54, 1.807) is 16.2 Å². The fourth-order valence-corrected chi connectivity index (χ4v) is 5.36. The van der Waals surface area contributed by atoms with E-state index in [-0.39, 0.29) is 0 Å². The third kappa shape index (κ3) is 3.58. The van der Waals surface area contributed by atoms with Gasteiger partial charge in [0, 0.05) is 49.0 Å². The minimum Gasteiger partial charge on any atom is -0.379 e. The number of thiophene rings is 1. The largest absolute Gasteiger partial charge is 0.379 e. The molecule has 4 rings (SSSR count). The number of aromatic nitrogens is 1. The van der Waals surface area contributed by atoms with Crippen LogP contribution in [0.1, 0.15) is 22.4 Å². The van der Waals surface area contributed by atoms with Crippen molar-refractivity contribution in [3.8, 4) is 10.6 Å². The topological polar surface area (TPSA) is 28.6 Å². The maximum absolute atomic E-state index is 5.54. The maximum atomic E-state index is 5.54. The minimum atomic E-state index is 0.555. The summed E-state index contributed by atoms with van der Waals surface area (Å²) < 4.78 is 5.54. The first-order chi connectivity index (χ1) is 11.7. The Morgan fingerprint density at radius 1 is 1.33 bits per heavy atom. The Balaban J connectivity index is 1.38. The second kappa shape index (κ2) is 7.22. The predicted molar refractivity (Wildman–Crippen MR) is 101 cm³/mol. The Morgan fingerprint density at radius 3 is 3.04 bits per heavy atom. The molecule has 4 heterocycles. The number of morpholine rings is 1. The van der Waals surface area contributed by atoms with Crippen LogP contribution in [0.5, 0.6) is 0 Å². The van der Waals surface area contributed by atoms with Crippen LogP contribution in [0.25, 0.3) is 10.6 Å². The lowest BCUT2D eigenvalue weighted by Crippen LogP contribution is -2.47. The molecule has 1 unspecified atom stereocenters. The molecular formula is C18H25N3OS2. The average molecular weight is 364 g/mol. The normalized spacial score (nSPS) is 22.7. The number of hydrogen-bond acceptors (Lipinski definition) is 6. The summed E-state index contributed by atoms with van der Waals surface area (Å²) in [6.07, 6.45) is 1.18. The van der Waals surface area contributed by atoms with Crippen molar-refractivity contribution in [1.82, 2.24) is 14.8 Å². The van der Waals surface area contributed by atoms with E-state index in [2.05, 4.69) is 40.1 Å². The summed E-state index contributed by atoms with van der Waals surface area (Å²) >= 11 is 3.68. The molecule has 0 spiro atoms. The summed E-state index contributed by atoms with van der Waals surface area (Å²) in [5.41, 5.74) is 2.67. The first-order valence-corrected chi connectivity index (χ1v) is 10.5. The molecule has 2 aromatic rings. The quantitative estimate of drug-likeness (QED) is 0.834. The van der Waals surface area contributed by atoms with E-state index in [1.165, 1.54) is 23.4 Å². The van der Waals surface area contributed by atoms with Gasteiger partial charge < -0.3 is 4.74 Å². The highest BCUT2D eigenvalue weighted by Crippen LogP contribution is 2.35. The maximum Gasteiger partial charge on any atom is 0.0914 e. The van der Waals surface area contributed by atoms with Gasteiger partial charge in [0.05, 0.1) is 28.8 Å². The highest BCUT2D eigenvalue weighted by molar-refractivity contribution is 7.16. The van der Waals surface area contributed by atoms with Crippen molar-refractivity contribution >= 4 is 22.7 Å². The smallest absolute Gasteiger partial charge is 0.0914 e. The Kier molecular flexibility index (Phi) is 5.01. The number of thiazole rings is 1. The molecule has 130 valence electrons. The molecule has 0 aliphatic carbocycles. The van der Waals surface area contributed by atoms with Crippen LogP contribution in [-0.4, -0.2) is 60.2 Å². The molecular weight excluding hydrogens is 338 g/mol. The molecule has 0 bridgehead atoms. The molecule has 2 aliphatic rings. The molecule has 0 N–H and O–H groups in total. The molecule has 2 aromatic heterocycles. The standard InChI is InChI=1S/C18H25N3OS2/c1-13-11-22-8-7-21(13)6-5-20-4-3-17-15(10-20)9-18(24-17)16-12-23-14(2)19-16/h9,12-13H,3-8,10-11H2,1-2H3. The molecule has 0 radical (unpaired) electrons. The molecule has 4 nitrogen and oxygen atoms in total. The molecule has 0 aromatic carbocycles. The van der Waals surface area contributed by atoms with E-state index < -0.39 is 0 Å². The lowest BCUT2D eigenvalue weighted by molar-refractivity contribution is -0.00449. The van der Waals surface area contributed by atoms with Gasteiger partial charge in [0.25, 0.3) is 0 Å². The summed E-state index contributed by atoms with van der Waals surface area (Å²) in [5, 5.41) is 3.34. The van der Waals surface area contributed by atoms with Gasteiger partial charge >= 0.3 is 0 Å². The zero-order valence-corrected chi connectivity index (χ0v) is 16.1. The molecule has 24 heavy (non-hydrogen) atoms. The van der Waals surface area contributed by atoms with Gasteiger partial charge in [0.2, 0.25) is 0 Å². The van der Waals surface area contributed by atoms with Crippen molar-refractivity contribution in [3.05, 3.63) is 26.9 Å². The Bertz CT molecular complexity index is 696. The highest BCUT2D eigenvalue weighted by atomic mass is 32.1. The fraction of sp³-hybridized carbons (Fsp3) is 0.611. The summed E-state index contributed by atoms with van der Waals surface area (Å²) in [6, 6.07) is 2.93. The predicted octanol–water partition coefficient (Wildman–Crippen LogP) is 3.26. The van der Waals surface area contributed by atoms with E-state index in [9.17, 15) is 0 Å². The van der Waals surface area contributed by atoms with Crippen LogP contribution < -0.4 is 0 Å². The molecule has 1 atom stereocenters. The zero-order valence-electron chi connectivity index (χ0n) is 14.5. The molecule has 1 fully saturated rings. The molecule has 0 amide bonds. The first-order valence-electron chi connectivity index (χ1n) is 8.77. The van der Waals surface area contributed by atoms with E-state index in [0.717, 1.165) is 50.1 Å². The molecule has 2 aliphatic heterocycles. The number of hydrogen-bond donors (Lipinski definition) is 0. The van der Waals surface area contributed by atoms with E-state index >= 15 is 0 Å². The average Bonchev–Trinajstić information content (AvgIpc) is 3.19. The van der Waals surface area contributed by atoms with Crippen LogP contribution in [-0.2, 0) is 17.7 Å². The monoisotopic (exact) mass is 363 g/mol. The number of ether oxygens (including phenoxy) is 1. The van der Waals surface area contributed by atoms with E-state index in [4.69, 9.17) is 4.74 Å². The molecule has 0 saturated carbocycles. The van der Waals surface area contributed by atoms with Crippen molar-refractivity contribution in [2.75, 3.05) is 39.4 Å². The van der Waals surface area contributed by atoms with Crippen molar-refractivity contribution in [3.63, 3.8) is 0 Å². The van der Waals surface area contributed by atoms with Crippen LogP contribution in [0.15, 0.2) is 11.4 Å². The number of aryl methyl sites for hydroxylation is 1. The van der Waals surface area contributed by atoms with E-state index in [1.807, 2.05) is 11.3 Å². The van der Waals surface area contributed by atoms with Gasteiger partial charge in [-0.25, -0.2) is 4.98 Å². The van der Waals surface area contributed by atoms with Crippen molar-refractivity contribution < 1.29 is 4.74 Å². The van der Waals surface area contributed by atoms with Crippen LogP contribution in [0.4, 0.5) is 0 Å². The Hall–Kier alpha value is -0.790. The van der Waals surface area contributed by atoms with Crippen LogP contribution >= 0.6 is 22.7 Å². The van der Waals surface area contributed by atoms with Gasteiger partial charge in [0.15, 0.2) is 0 Å². The van der Waals surface area contributed by atoms with Gasteiger partial charge in [-0.15, -0.1) is 22.7 Å². The fourth-order valence-electron chi connectivity index (χ4n) is 3.55. The summed E-state index contributed by atoms with van der Waals surface area (Å²) in [7, 11) is 0. The van der Waals surface area contributed by atoms with E-state index in [0.29, 0.717) is 6.04 Å². The van der Waals surface area contributed by atoms with Crippen molar-refractivity contribution in [2.45, 2.75) is 32.9 Å². The SMILES string of the molecule is Cc1nc(-c2cc3c(s2)CCN(CCN2CCOCC2C)C3)cs1. The third-order valence-corrected chi connectivity index (χ3v) is 7.06. The highest BCUT2D eigenvalue weighted by Gasteiger charge is 2.23. The lowest BCUT2D eigenvalue weighted by atomic mass is 10.1. The second-order valence-corrected chi connectivity index (χ2v) is 9.00. The van der Waals surface area contributed by atoms with Gasteiger partial charge in [-0.1, -0.05) is 0 Å². The number of fused-ring (bicyclic) bond motifs is 1. The summed E-state index contributed by atoms with van der Waals surface area (Å²) in [5.74, 6) is 0. The molecule has 6 heteroatoms. The Labute approximate surface area is 152 Å².